The van der Waals surface area contributed by atoms with Crippen LogP contribution >= 0.6 is 0 Å². The molecule has 1 aromatic rings. The zero-order chi connectivity index (χ0) is 15.3. The number of carbonyl (C=O) groups excluding carboxylic acids is 1. The summed E-state index contributed by atoms with van der Waals surface area (Å²) in [6.07, 6.45) is -2.68. The molecule has 0 aliphatic carbocycles. The number of aliphatic hydroxyl groups is 2. The van der Waals surface area contributed by atoms with Crippen molar-refractivity contribution in [2.45, 2.75) is 25.6 Å². The lowest BCUT2D eigenvalue weighted by molar-refractivity contribution is -0.147. The average Bonchev–Trinajstić information content (AvgIpc) is 2.38. The molecule has 110 valence electrons. The number of aromatic nitrogens is 1. The van der Waals surface area contributed by atoms with Crippen molar-refractivity contribution in [1.29, 1.82) is 0 Å². The number of hydrogen-bond acceptors (Lipinski definition) is 6. The summed E-state index contributed by atoms with van der Waals surface area (Å²) in [5, 5.41) is 28.2. The summed E-state index contributed by atoms with van der Waals surface area (Å²) in [4.78, 5) is 25.1. The SMILES string of the molecule is CCOC(=O)CC(O)C(O)c1cnc(F)c(C(=O)O)c1. The fraction of sp³-hybridized carbons (Fsp3) is 0.417. The Bertz CT molecular complexity index is 507. The van der Waals surface area contributed by atoms with E-state index >= 15 is 0 Å². The molecule has 0 radical (unpaired) electrons. The van der Waals surface area contributed by atoms with Crippen molar-refractivity contribution < 1.29 is 34.0 Å². The summed E-state index contributed by atoms with van der Waals surface area (Å²) in [5.74, 6) is -3.47. The van der Waals surface area contributed by atoms with E-state index in [0.29, 0.717) is 0 Å². The molecular formula is C12H14FNO6. The summed E-state index contributed by atoms with van der Waals surface area (Å²) >= 11 is 0. The van der Waals surface area contributed by atoms with E-state index in [9.17, 15) is 24.2 Å². The normalized spacial score (nSPS) is 13.6. The maximum absolute atomic E-state index is 13.1. The highest BCUT2D eigenvalue weighted by Crippen LogP contribution is 2.20. The molecule has 0 saturated heterocycles. The predicted octanol–water partition coefficient (Wildman–Crippen LogP) is 0.266. The highest BCUT2D eigenvalue weighted by molar-refractivity contribution is 5.87. The molecule has 1 aromatic heterocycles. The third kappa shape index (κ3) is 3.97. The highest BCUT2D eigenvalue weighted by Gasteiger charge is 2.24. The second-order valence-corrected chi connectivity index (χ2v) is 3.93. The molecule has 0 fully saturated rings. The number of halogens is 1. The first-order valence-electron chi connectivity index (χ1n) is 5.77. The molecule has 7 nitrogen and oxygen atoms in total. The number of ether oxygens (including phenoxy) is 1. The molecule has 0 spiro atoms. The lowest BCUT2D eigenvalue weighted by atomic mass is 10.0. The Hall–Kier alpha value is -2.06. The van der Waals surface area contributed by atoms with Gasteiger partial charge in [0.25, 0.3) is 0 Å². The minimum atomic E-state index is -1.58. The molecular weight excluding hydrogens is 273 g/mol. The largest absolute Gasteiger partial charge is 0.478 e. The Labute approximate surface area is 113 Å². The third-order valence-electron chi connectivity index (χ3n) is 2.48. The van der Waals surface area contributed by atoms with E-state index in [2.05, 4.69) is 9.72 Å². The standard InChI is InChI=1S/C12H14FNO6/c1-2-20-9(16)4-8(15)10(17)6-3-7(12(18)19)11(13)14-5-6/h3,5,8,10,15,17H,2,4H2,1H3,(H,18,19). The van der Waals surface area contributed by atoms with Crippen LogP contribution in [0.3, 0.4) is 0 Å². The van der Waals surface area contributed by atoms with Gasteiger partial charge in [-0.05, 0) is 13.0 Å². The first-order valence-corrected chi connectivity index (χ1v) is 5.77. The van der Waals surface area contributed by atoms with E-state index in [0.717, 1.165) is 12.3 Å². The first kappa shape index (κ1) is 16.0. The maximum atomic E-state index is 13.1. The Morgan fingerprint density at radius 2 is 2.10 bits per heavy atom. The van der Waals surface area contributed by atoms with Crippen LogP contribution in [0.5, 0.6) is 0 Å². The summed E-state index contributed by atoms with van der Waals surface area (Å²) < 4.78 is 17.7. The molecule has 8 heteroatoms. The Balaban J connectivity index is 2.86. The number of carboxylic acid groups (broad SMARTS) is 1. The summed E-state index contributed by atoms with van der Waals surface area (Å²) in [6.45, 7) is 1.71. The lowest BCUT2D eigenvalue weighted by Crippen LogP contribution is -2.23. The summed E-state index contributed by atoms with van der Waals surface area (Å²) in [5.41, 5.74) is -0.842. The van der Waals surface area contributed by atoms with E-state index in [1.807, 2.05) is 0 Å². The van der Waals surface area contributed by atoms with Crippen molar-refractivity contribution in [3.63, 3.8) is 0 Å². The zero-order valence-electron chi connectivity index (χ0n) is 10.6. The summed E-state index contributed by atoms with van der Waals surface area (Å²) in [7, 11) is 0. The van der Waals surface area contributed by atoms with Crippen LogP contribution < -0.4 is 0 Å². The maximum Gasteiger partial charge on any atom is 0.340 e. The van der Waals surface area contributed by atoms with E-state index in [1.165, 1.54) is 0 Å². The topological polar surface area (TPSA) is 117 Å². The number of pyridine rings is 1. The Morgan fingerprint density at radius 1 is 1.45 bits per heavy atom. The average molecular weight is 287 g/mol. The van der Waals surface area contributed by atoms with E-state index in [-0.39, 0.29) is 12.2 Å². The van der Waals surface area contributed by atoms with Gasteiger partial charge >= 0.3 is 11.9 Å². The van der Waals surface area contributed by atoms with Crippen LogP contribution in [0.4, 0.5) is 4.39 Å². The van der Waals surface area contributed by atoms with Crippen molar-refractivity contribution in [2.75, 3.05) is 6.61 Å². The highest BCUT2D eigenvalue weighted by atomic mass is 19.1. The van der Waals surface area contributed by atoms with E-state index in [1.54, 1.807) is 6.92 Å². The van der Waals surface area contributed by atoms with Gasteiger partial charge in [0.15, 0.2) is 0 Å². The number of nitrogens with zero attached hydrogens (tertiary/aromatic N) is 1. The van der Waals surface area contributed by atoms with Crippen LogP contribution in [0.2, 0.25) is 0 Å². The number of esters is 1. The van der Waals surface area contributed by atoms with E-state index < -0.39 is 42.1 Å². The minimum absolute atomic E-state index is 0.111. The van der Waals surface area contributed by atoms with Gasteiger partial charge in [0, 0.05) is 11.8 Å². The van der Waals surface area contributed by atoms with Crippen molar-refractivity contribution in [1.82, 2.24) is 4.98 Å². The predicted molar refractivity (Wildman–Crippen MR) is 63.4 cm³/mol. The van der Waals surface area contributed by atoms with Gasteiger partial charge in [0.1, 0.15) is 11.7 Å². The smallest absolute Gasteiger partial charge is 0.340 e. The van der Waals surface area contributed by atoms with E-state index in [4.69, 9.17) is 5.11 Å². The van der Waals surface area contributed by atoms with Crippen LogP contribution in [0, 0.1) is 5.95 Å². The molecule has 0 aliphatic heterocycles. The van der Waals surface area contributed by atoms with Crippen molar-refractivity contribution in [2.24, 2.45) is 0 Å². The second-order valence-electron chi connectivity index (χ2n) is 3.93. The van der Waals surface area contributed by atoms with Crippen LogP contribution in [-0.4, -0.2) is 45.0 Å². The monoisotopic (exact) mass is 287 g/mol. The molecule has 1 heterocycles. The number of aromatic carboxylic acids is 1. The molecule has 2 atom stereocenters. The minimum Gasteiger partial charge on any atom is -0.478 e. The number of hydrogen-bond donors (Lipinski definition) is 3. The van der Waals surface area contributed by atoms with Gasteiger partial charge in [-0.3, -0.25) is 4.79 Å². The Kier molecular flexibility index (Phi) is 5.53. The zero-order valence-corrected chi connectivity index (χ0v) is 10.6. The molecule has 0 bridgehead atoms. The molecule has 0 amide bonds. The molecule has 2 unspecified atom stereocenters. The molecule has 0 aromatic carbocycles. The third-order valence-corrected chi connectivity index (χ3v) is 2.48. The number of rotatable bonds is 6. The molecule has 0 saturated carbocycles. The fourth-order valence-electron chi connectivity index (χ4n) is 1.50. The van der Waals surface area contributed by atoms with Crippen molar-refractivity contribution in [3.05, 3.63) is 29.3 Å². The van der Waals surface area contributed by atoms with Gasteiger partial charge in [0.2, 0.25) is 5.95 Å². The number of carbonyl (C=O) groups is 2. The lowest BCUT2D eigenvalue weighted by Gasteiger charge is -2.17. The van der Waals surface area contributed by atoms with Crippen molar-refractivity contribution in [3.8, 4) is 0 Å². The molecule has 0 aliphatic rings. The van der Waals surface area contributed by atoms with Gasteiger partial charge < -0.3 is 20.1 Å². The van der Waals surface area contributed by atoms with Gasteiger partial charge in [-0.25, -0.2) is 9.78 Å². The van der Waals surface area contributed by atoms with Gasteiger partial charge in [0.05, 0.1) is 19.1 Å². The first-order chi connectivity index (χ1) is 9.36. The van der Waals surface area contributed by atoms with Crippen LogP contribution in [-0.2, 0) is 9.53 Å². The van der Waals surface area contributed by atoms with Crippen LogP contribution in [0.25, 0.3) is 0 Å². The molecule has 20 heavy (non-hydrogen) atoms. The number of aliphatic hydroxyl groups excluding tert-OH is 2. The molecule has 3 N–H and O–H groups in total. The Morgan fingerprint density at radius 3 is 2.65 bits per heavy atom. The molecule has 1 rings (SSSR count). The summed E-state index contributed by atoms with van der Waals surface area (Å²) in [6, 6.07) is 0.851. The second kappa shape index (κ2) is 6.92. The van der Waals surface area contributed by atoms with Gasteiger partial charge in [-0.15, -0.1) is 0 Å². The van der Waals surface area contributed by atoms with Crippen LogP contribution in [0.1, 0.15) is 35.4 Å². The quantitative estimate of drug-likeness (QED) is 0.507. The number of carboxylic acids is 1. The van der Waals surface area contributed by atoms with Gasteiger partial charge in [-0.1, -0.05) is 0 Å². The van der Waals surface area contributed by atoms with Gasteiger partial charge in [-0.2, -0.15) is 4.39 Å². The van der Waals surface area contributed by atoms with Crippen molar-refractivity contribution >= 4 is 11.9 Å². The fourth-order valence-corrected chi connectivity index (χ4v) is 1.50. The van der Waals surface area contributed by atoms with Crippen LogP contribution in [0.15, 0.2) is 12.3 Å².